The molecule has 6 heteroatoms. The topological polar surface area (TPSA) is 77.2 Å². The van der Waals surface area contributed by atoms with E-state index in [1.807, 2.05) is 11.0 Å². The summed E-state index contributed by atoms with van der Waals surface area (Å²) in [6.45, 7) is 6.85. The van der Waals surface area contributed by atoms with Crippen LogP contribution in [0.25, 0.3) is 10.9 Å². The van der Waals surface area contributed by atoms with Gasteiger partial charge in [-0.3, -0.25) is 4.79 Å². The van der Waals surface area contributed by atoms with Gasteiger partial charge in [-0.2, -0.15) is 0 Å². The lowest BCUT2D eigenvalue weighted by atomic mass is 10.0. The van der Waals surface area contributed by atoms with Crippen LogP contribution in [0.2, 0.25) is 0 Å². The SMILES string of the molecule is CC(C)CCNC(=O)CCCNC(=O)N1CCc2c([nH]c3ccccc23)C1. The van der Waals surface area contributed by atoms with Gasteiger partial charge in [0.25, 0.3) is 0 Å². The van der Waals surface area contributed by atoms with E-state index in [2.05, 4.69) is 47.7 Å². The van der Waals surface area contributed by atoms with E-state index in [1.54, 1.807) is 0 Å². The Morgan fingerprint density at radius 1 is 1.19 bits per heavy atom. The summed E-state index contributed by atoms with van der Waals surface area (Å²) in [5.41, 5.74) is 3.59. The van der Waals surface area contributed by atoms with Crippen LogP contribution in [0, 0.1) is 5.92 Å². The van der Waals surface area contributed by atoms with E-state index in [9.17, 15) is 9.59 Å². The number of H-pyrrole nitrogens is 1. The van der Waals surface area contributed by atoms with Gasteiger partial charge in [-0.1, -0.05) is 32.0 Å². The van der Waals surface area contributed by atoms with Gasteiger partial charge in [-0.05, 0) is 36.8 Å². The van der Waals surface area contributed by atoms with Crippen LogP contribution < -0.4 is 10.6 Å². The van der Waals surface area contributed by atoms with Gasteiger partial charge in [0.1, 0.15) is 0 Å². The first-order valence-electron chi connectivity index (χ1n) is 9.92. The molecule has 27 heavy (non-hydrogen) atoms. The number of nitrogens with one attached hydrogen (secondary N) is 3. The standard InChI is InChI=1S/C21H30N4O2/c1-15(2)9-12-22-20(26)8-5-11-23-21(27)25-13-10-17-16-6-3-4-7-18(16)24-19(17)14-25/h3-4,6-7,15,24H,5,8-14H2,1-2H3,(H,22,26)(H,23,27). The third-order valence-corrected chi connectivity index (χ3v) is 5.07. The second-order valence-electron chi connectivity index (χ2n) is 7.67. The lowest BCUT2D eigenvalue weighted by Gasteiger charge is -2.27. The zero-order valence-electron chi connectivity index (χ0n) is 16.3. The van der Waals surface area contributed by atoms with E-state index in [1.165, 1.54) is 10.9 Å². The summed E-state index contributed by atoms with van der Waals surface area (Å²) < 4.78 is 0. The van der Waals surface area contributed by atoms with Gasteiger partial charge in [0, 0.05) is 42.7 Å². The van der Waals surface area contributed by atoms with E-state index in [4.69, 9.17) is 0 Å². The number of carbonyl (C=O) groups is 2. The van der Waals surface area contributed by atoms with Crippen LogP contribution >= 0.6 is 0 Å². The molecule has 0 radical (unpaired) electrons. The van der Waals surface area contributed by atoms with Crippen molar-refractivity contribution in [2.75, 3.05) is 19.6 Å². The number of urea groups is 1. The van der Waals surface area contributed by atoms with Crippen molar-refractivity contribution in [3.8, 4) is 0 Å². The fourth-order valence-electron chi connectivity index (χ4n) is 3.51. The number of para-hydroxylation sites is 1. The zero-order chi connectivity index (χ0) is 19.2. The Kier molecular flexibility index (Phi) is 6.37. The highest BCUT2D eigenvalue weighted by molar-refractivity contribution is 5.85. The number of carbonyl (C=O) groups excluding carboxylic acids is 2. The molecular weight excluding hydrogens is 340 g/mol. The quantitative estimate of drug-likeness (QED) is 0.655. The predicted molar refractivity (Wildman–Crippen MR) is 108 cm³/mol. The summed E-state index contributed by atoms with van der Waals surface area (Å²) >= 11 is 0. The average molecular weight is 370 g/mol. The minimum atomic E-state index is -0.0560. The van der Waals surface area contributed by atoms with Gasteiger partial charge in [0.15, 0.2) is 0 Å². The second kappa shape index (κ2) is 8.93. The molecule has 146 valence electrons. The summed E-state index contributed by atoms with van der Waals surface area (Å²) in [5.74, 6) is 0.650. The number of aromatic nitrogens is 1. The smallest absolute Gasteiger partial charge is 0.317 e. The number of fused-ring (bicyclic) bond motifs is 3. The summed E-state index contributed by atoms with van der Waals surface area (Å²) in [6.07, 6.45) is 2.97. The Morgan fingerprint density at radius 2 is 2.00 bits per heavy atom. The van der Waals surface area contributed by atoms with Crippen LogP contribution in [0.5, 0.6) is 0 Å². The average Bonchev–Trinajstić information content (AvgIpc) is 3.02. The molecule has 0 fully saturated rings. The molecule has 0 aliphatic carbocycles. The maximum Gasteiger partial charge on any atom is 0.317 e. The van der Waals surface area contributed by atoms with Crippen molar-refractivity contribution in [1.82, 2.24) is 20.5 Å². The van der Waals surface area contributed by atoms with Gasteiger partial charge >= 0.3 is 6.03 Å². The summed E-state index contributed by atoms with van der Waals surface area (Å²) in [5, 5.41) is 7.12. The number of rotatable bonds is 7. The highest BCUT2D eigenvalue weighted by Crippen LogP contribution is 2.27. The van der Waals surface area contributed by atoms with E-state index in [0.29, 0.717) is 31.8 Å². The first-order valence-corrected chi connectivity index (χ1v) is 9.92. The Labute approximate surface area is 160 Å². The van der Waals surface area contributed by atoms with Crippen LogP contribution in [0.3, 0.4) is 0 Å². The molecule has 0 spiro atoms. The number of amides is 3. The van der Waals surface area contributed by atoms with Crippen molar-refractivity contribution in [3.05, 3.63) is 35.5 Å². The molecule has 0 bridgehead atoms. The first kappa shape index (κ1) is 19.3. The van der Waals surface area contributed by atoms with E-state index in [-0.39, 0.29) is 11.9 Å². The second-order valence-corrected chi connectivity index (χ2v) is 7.67. The zero-order valence-corrected chi connectivity index (χ0v) is 16.3. The molecule has 3 N–H and O–H groups in total. The predicted octanol–water partition coefficient (Wildman–Crippen LogP) is 3.18. The molecule has 6 nitrogen and oxygen atoms in total. The van der Waals surface area contributed by atoms with Crippen molar-refractivity contribution in [2.45, 2.75) is 46.1 Å². The highest BCUT2D eigenvalue weighted by Gasteiger charge is 2.23. The third-order valence-electron chi connectivity index (χ3n) is 5.07. The molecule has 0 unspecified atom stereocenters. The number of aromatic amines is 1. The Bertz CT molecular complexity index is 797. The van der Waals surface area contributed by atoms with E-state index < -0.39 is 0 Å². The van der Waals surface area contributed by atoms with Gasteiger partial charge < -0.3 is 20.5 Å². The number of benzene rings is 1. The lowest BCUT2D eigenvalue weighted by Crippen LogP contribution is -2.43. The Hall–Kier alpha value is -2.50. The third kappa shape index (κ3) is 5.02. The molecule has 1 aliphatic heterocycles. The van der Waals surface area contributed by atoms with Crippen molar-refractivity contribution in [1.29, 1.82) is 0 Å². The molecule has 2 aromatic rings. The Morgan fingerprint density at radius 3 is 2.81 bits per heavy atom. The van der Waals surface area contributed by atoms with Gasteiger partial charge in [-0.25, -0.2) is 4.79 Å². The Balaban J connectivity index is 1.40. The van der Waals surface area contributed by atoms with Crippen LogP contribution in [0.1, 0.15) is 44.4 Å². The van der Waals surface area contributed by atoms with Gasteiger partial charge in [0.2, 0.25) is 5.91 Å². The summed E-state index contributed by atoms with van der Waals surface area (Å²) in [7, 11) is 0. The molecular formula is C21H30N4O2. The largest absolute Gasteiger partial charge is 0.357 e. The molecule has 3 amide bonds. The number of hydrogen-bond donors (Lipinski definition) is 3. The minimum Gasteiger partial charge on any atom is -0.357 e. The molecule has 2 heterocycles. The van der Waals surface area contributed by atoms with Gasteiger partial charge in [-0.15, -0.1) is 0 Å². The van der Waals surface area contributed by atoms with Gasteiger partial charge in [0.05, 0.1) is 6.54 Å². The molecule has 1 aromatic carbocycles. The lowest BCUT2D eigenvalue weighted by molar-refractivity contribution is -0.121. The highest BCUT2D eigenvalue weighted by atomic mass is 16.2. The molecule has 0 saturated carbocycles. The first-order chi connectivity index (χ1) is 13.0. The molecule has 1 aliphatic rings. The number of nitrogens with zero attached hydrogens (tertiary/aromatic N) is 1. The minimum absolute atomic E-state index is 0.0560. The van der Waals surface area contributed by atoms with Crippen LogP contribution in [0.4, 0.5) is 4.79 Å². The van der Waals surface area contributed by atoms with Crippen LogP contribution in [-0.2, 0) is 17.8 Å². The molecule has 3 rings (SSSR count). The summed E-state index contributed by atoms with van der Waals surface area (Å²) in [4.78, 5) is 29.4. The maximum absolute atomic E-state index is 12.4. The molecule has 0 atom stereocenters. The number of hydrogen-bond acceptors (Lipinski definition) is 2. The summed E-state index contributed by atoms with van der Waals surface area (Å²) in [6, 6.07) is 8.22. The molecule has 0 saturated heterocycles. The fraction of sp³-hybridized carbons (Fsp3) is 0.524. The maximum atomic E-state index is 12.4. The van der Waals surface area contributed by atoms with Crippen molar-refractivity contribution < 1.29 is 9.59 Å². The van der Waals surface area contributed by atoms with Crippen LogP contribution in [-0.4, -0.2) is 41.5 Å². The monoisotopic (exact) mass is 370 g/mol. The van der Waals surface area contributed by atoms with Crippen molar-refractivity contribution >= 4 is 22.8 Å². The normalized spacial score (nSPS) is 13.7. The van der Waals surface area contributed by atoms with Crippen LogP contribution in [0.15, 0.2) is 24.3 Å². The van der Waals surface area contributed by atoms with Crippen molar-refractivity contribution in [2.24, 2.45) is 5.92 Å². The van der Waals surface area contributed by atoms with E-state index in [0.717, 1.165) is 37.1 Å². The van der Waals surface area contributed by atoms with Crippen molar-refractivity contribution in [3.63, 3.8) is 0 Å². The van der Waals surface area contributed by atoms with E-state index >= 15 is 0 Å². The fourth-order valence-corrected chi connectivity index (χ4v) is 3.51. The molecule has 1 aromatic heterocycles.